The lowest BCUT2D eigenvalue weighted by Gasteiger charge is -2.11. The van der Waals surface area contributed by atoms with Crippen molar-refractivity contribution in [3.8, 4) is 11.5 Å². The Morgan fingerprint density at radius 2 is 2.12 bits per heavy atom. The highest BCUT2D eigenvalue weighted by Crippen LogP contribution is 2.26. The largest absolute Gasteiger partial charge is 0.504 e. The van der Waals surface area contributed by atoms with Crippen molar-refractivity contribution in [3.05, 3.63) is 23.8 Å². The number of nitrogens with one attached hydrogen (secondary N) is 1. The first-order chi connectivity index (χ1) is 8.17. The molecule has 0 aliphatic heterocycles. The van der Waals surface area contributed by atoms with Gasteiger partial charge in [-0.2, -0.15) is 0 Å². The molecule has 0 saturated heterocycles. The van der Waals surface area contributed by atoms with Crippen molar-refractivity contribution >= 4 is 0 Å². The zero-order chi connectivity index (χ0) is 12.7. The minimum Gasteiger partial charge on any atom is -0.504 e. The first-order valence-corrected chi connectivity index (χ1v) is 6.00. The third-order valence-electron chi connectivity index (χ3n) is 2.50. The normalized spacial score (nSPS) is 12.4. The molecular weight excluding hydrogens is 218 g/mol. The quantitative estimate of drug-likeness (QED) is 0.677. The van der Waals surface area contributed by atoms with Crippen molar-refractivity contribution < 1.29 is 14.9 Å². The molecule has 3 N–H and O–H groups in total. The van der Waals surface area contributed by atoms with Gasteiger partial charge < -0.3 is 20.3 Å². The first-order valence-electron chi connectivity index (χ1n) is 6.00. The maximum absolute atomic E-state index is 9.53. The lowest BCUT2D eigenvalue weighted by Crippen LogP contribution is -2.25. The summed E-state index contributed by atoms with van der Waals surface area (Å²) < 4.78 is 5.30. The van der Waals surface area contributed by atoms with Crippen LogP contribution in [0.4, 0.5) is 0 Å². The molecule has 0 bridgehead atoms. The molecule has 4 nitrogen and oxygen atoms in total. The van der Waals surface area contributed by atoms with Crippen LogP contribution in [-0.2, 0) is 6.54 Å². The standard InChI is InChI=1S/C13H21NO3/c1-3-11(15)9-14-8-10-5-6-12(16)13(7-10)17-4-2/h5-7,11,14-16H,3-4,8-9H2,1-2H3. The van der Waals surface area contributed by atoms with E-state index in [4.69, 9.17) is 4.74 Å². The molecule has 0 aromatic heterocycles. The maximum atomic E-state index is 9.53. The Hall–Kier alpha value is -1.26. The minimum atomic E-state index is -0.307. The topological polar surface area (TPSA) is 61.7 Å². The number of hydrogen-bond donors (Lipinski definition) is 3. The van der Waals surface area contributed by atoms with Gasteiger partial charge in [0.1, 0.15) is 0 Å². The van der Waals surface area contributed by atoms with Gasteiger partial charge in [-0.3, -0.25) is 0 Å². The van der Waals surface area contributed by atoms with E-state index in [1.54, 1.807) is 6.07 Å². The molecule has 17 heavy (non-hydrogen) atoms. The van der Waals surface area contributed by atoms with Crippen LogP contribution in [-0.4, -0.2) is 29.5 Å². The number of phenolic OH excluding ortho intramolecular Hbond substituents is 1. The van der Waals surface area contributed by atoms with Crippen LogP contribution in [0.15, 0.2) is 18.2 Å². The first kappa shape index (κ1) is 13.8. The molecule has 0 heterocycles. The highest BCUT2D eigenvalue weighted by molar-refractivity contribution is 5.41. The summed E-state index contributed by atoms with van der Waals surface area (Å²) >= 11 is 0. The smallest absolute Gasteiger partial charge is 0.161 e. The molecule has 1 atom stereocenters. The van der Waals surface area contributed by atoms with Crippen molar-refractivity contribution in [3.63, 3.8) is 0 Å². The van der Waals surface area contributed by atoms with Crippen LogP contribution in [0.25, 0.3) is 0 Å². The predicted molar refractivity (Wildman–Crippen MR) is 67.3 cm³/mol. The predicted octanol–water partition coefficient (Wildman–Crippen LogP) is 1.65. The van der Waals surface area contributed by atoms with Gasteiger partial charge in [-0.15, -0.1) is 0 Å². The summed E-state index contributed by atoms with van der Waals surface area (Å²) in [5.74, 6) is 0.659. The van der Waals surface area contributed by atoms with Gasteiger partial charge in [-0.25, -0.2) is 0 Å². The molecule has 0 aliphatic rings. The van der Waals surface area contributed by atoms with E-state index >= 15 is 0 Å². The fourth-order valence-corrected chi connectivity index (χ4v) is 1.47. The van der Waals surface area contributed by atoms with Crippen LogP contribution in [0.1, 0.15) is 25.8 Å². The fourth-order valence-electron chi connectivity index (χ4n) is 1.47. The summed E-state index contributed by atoms with van der Waals surface area (Å²) in [6.07, 6.45) is 0.436. The number of rotatable bonds is 7. The monoisotopic (exact) mass is 239 g/mol. The van der Waals surface area contributed by atoms with Crippen molar-refractivity contribution in [1.82, 2.24) is 5.32 Å². The zero-order valence-corrected chi connectivity index (χ0v) is 10.4. The second-order valence-electron chi connectivity index (χ2n) is 3.93. The van der Waals surface area contributed by atoms with E-state index in [0.29, 0.717) is 25.4 Å². The van der Waals surface area contributed by atoms with E-state index in [-0.39, 0.29) is 11.9 Å². The van der Waals surface area contributed by atoms with Gasteiger partial charge in [-0.05, 0) is 31.0 Å². The Bertz CT molecular complexity index is 341. The van der Waals surface area contributed by atoms with Gasteiger partial charge in [0.25, 0.3) is 0 Å². The maximum Gasteiger partial charge on any atom is 0.161 e. The Balaban J connectivity index is 2.51. The molecule has 0 amide bonds. The lowest BCUT2D eigenvalue weighted by atomic mass is 10.2. The average molecular weight is 239 g/mol. The van der Waals surface area contributed by atoms with Crippen LogP contribution in [0.2, 0.25) is 0 Å². The van der Waals surface area contributed by atoms with E-state index in [0.717, 1.165) is 12.0 Å². The molecular formula is C13H21NO3. The summed E-state index contributed by atoms with van der Waals surface area (Å²) in [6.45, 7) is 5.57. The van der Waals surface area contributed by atoms with Gasteiger partial charge in [0.15, 0.2) is 11.5 Å². The molecule has 0 saturated carbocycles. The summed E-state index contributed by atoms with van der Waals surface area (Å²) in [5, 5.41) is 22.1. The average Bonchev–Trinajstić information content (AvgIpc) is 2.33. The zero-order valence-electron chi connectivity index (χ0n) is 10.4. The van der Waals surface area contributed by atoms with E-state index in [1.165, 1.54) is 0 Å². The van der Waals surface area contributed by atoms with Gasteiger partial charge in [0.05, 0.1) is 12.7 Å². The minimum absolute atomic E-state index is 0.157. The molecule has 0 radical (unpaired) electrons. The van der Waals surface area contributed by atoms with Gasteiger partial charge >= 0.3 is 0 Å². The fraction of sp³-hybridized carbons (Fsp3) is 0.538. The second-order valence-corrected chi connectivity index (χ2v) is 3.93. The Morgan fingerprint density at radius 1 is 1.35 bits per heavy atom. The van der Waals surface area contributed by atoms with Crippen molar-refractivity contribution in [2.75, 3.05) is 13.2 Å². The number of hydrogen-bond acceptors (Lipinski definition) is 4. The Kier molecular flexibility index (Phi) is 5.80. The molecule has 1 unspecified atom stereocenters. The summed E-state index contributed by atoms with van der Waals surface area (Å²) in [5.41, 5.74) is 1.02. The molecule has 0 spiro atoms. The van der Waals surface area contributed by atoms with E-state index < -0.39 is 0 Å². The second kappa shape index (κ2) is 7.14. The Labute approximate surface area is 102 Å². The molecule has 4 heteroatoms. The SMILES string of the molecule is CCOc1cc(CNCC(O)CC)ccc1O. The van der Waals surface area contributed by atoms with Crippen LogP contribution in [0.3, 0.4) is 0 Å². The van der Waals surface area contributed by atoms with Crippen molar-refractivity contribution in [2.45, 2.75) is 32.9 Å². The molecule has 1 aromatic carbocycles. The number of phenols is 1. The molecule has 0 fully saturated rings. The number of aliphatic hydroxyl groups excluding tert-OH is 1. The van der Waals surface area contributed by atoms with Gasteiger partial charge in [0.2, 0.25) is 0 Å². The highest BCUT2D eigenvalue weighted by atomic mass is 16.5. The molecule has 1 aromatic rings. The Morgan fingerprint density at radius 3 is 2.76 bits per heavy atom. The lowest BCUT2D eigenvalue weighted by molar-refractivity contribution is 0.167. The van der Waals surface area contributed by atoms with Crippen LogP contribution < -0.4 is 10.1 Å². The number of aromatic hydroxyl groups is 1. The highest BCUT2D eigenvalue weighted by Gasteiger charge is 2.04. The third kappa shape index (κ3) is 4.63. The van der Waals surface area contributed by atoms with Crippen LogP contribution in [0.5, 0.6) is 11.5 Å². The van der Waals surface area contributed by atoms with Crippen molar-refractivity contribution in [1.29, 1.82) is 0 Å². The number of ether oxygens (including phenoxy) is 1. The third-order valence-corrected chi connectivity index (χ3v) is 2.50. The number of aliphatic hydroxyl groups is 1. The van der Waals surface area contributed by atoms with Crippen molar-refractivity contribution in [2.24, 2.45) is 0 Å². The van der Waals surface area contributed by atoms with Crippen LogP contribution in [0, 0.1) is 0 Å². The summed E-state index contributed by atoms with van der Waals surface area (Å²) in [6, 6.07) is 5.27. The molecule has 96 valence electrons. The van der Waals surface area contributed by atoms with E-state index in [2.05, 4.69) is 5.32 Å². The van der Waals surface area contributed by atoms with E-state index in [9.17, 15) is 10.2 Å². The molecule has 1 rings (SSSR count). The molecule has 0 aliphatic carbocycles. The summed E-state index contributed by atoms with van der Waals surface area (Å²) in [7, 11) is 0. The van der Waals surface area contributed by atoms with Crippen LogP contribution >= 0.6 is 0 Å². The van der Waals surface area contributed by atoms with E-state index in [1.807, 2.05) is 26.0 Å². The number of benzene rings is 1. The summed E-state index contributed by atoms with van der Waals surface area (Å²) in [4.78, 5) is 0. The van der Waals surface area contributed by atoms with Gasteiger partial charge in [0, 0.05) is 13.1 Å². The van der Waals surface area contributed by atoms with Gasteiger partial charge in [-0.1, -0.05) is 13.0 Å².